The summed E-state index contributed by atoms with van der Waals surface area (Å²) >= 11 is 0. The van der Waals surface area contributed by atoms with Gasteiger partial charge in [0.2, 0.25) is 0 Å². The van der Waals surface area contributed by atoms with E-state index in [1.54, 1.807) is 12.1 Å². The van der Waals surface area contributed by atoms with Crippen molar-refractivity contribution in [3.63, 3.8) is 0 Å². The molecule has 0 bridgehead atoms. The first-order valence-corrected chi connectivity index (χ1v) is 6.62. The lowest BCUT2D eigenvalue weighted by molar-refractivity contribution is -0.140. The van der Waals surface area contributed by atoms with Crippen molar-refractivity contribution >= 4 is 18.0 Å². The lowest BCUT2D eigenvalue weighted by Crippen LogP contribution is -2.46. The predicted octanol–water partition coefficient (Wildman–Crippen LogP) is 0.985. The SMILES string of the molecule is O=C(O)CC[C@H](NC(=O)NCCc1cccc(F)c1)C(=O)O. The number of benzene rings is 1. The summed E-state index contributed by atoms with van der Waals surface area (Å²) < 4.78 is 13.0. The number of halogens is 1. The Morgan fingerprint density at radius 3 is 2.55 bits per heavy atom. The van der Waals surface area contributed by atoms with Crippen LogP contribution in [0.15, 0.2) is 24.3 Å². The van der Waals surface area contributed by atoms with Crippen LogP contribution in [-0.4, -0.2) is 40.8 Å². The molecule has 120 valence electrons. The van der Waals surface area contributed by atoms with Gasteiger partial charge in [-0.2, -0.15) is 0 Å². The summed E-state index contributed by atoms with van der Waals surface area (Å²) in [6.45, 7) is 0.195. The van der Waals surface area contributed by atoms with Crippen molar-refractivity contribution in [1.82, 2.24) is 10.6 Å². The van der Waals surface area contributed by atoms with Crippen molar-refractivity contribution in [3.05, 3.63) is 35.6 Å². The van der Waals surface area contributed by atoms with Crippen LogP contribution in [0.1, 0.15) is 18.4 Å². The van der Waals surface area contributed by atoms with Crippen LogP contribution >= 0.6 is 0 Å². The average molecular weight is 312 g/mol. The number of carbonyl (C=O) groups excluding carboxylic acids is 1. The third-order valence-electron chi connectivity index (χ3n) is 2.84. The quantitative estimate of drug-likeness (QED) is 0.571. The van der Waals surface area contributed by atoms with Gasteiger partial charge < -0.3 is 20.8 Å². The number of carbonyl (C=O) groups is 3. The standard InChI is InChI=1S/C14H17FN2O5/c15-10-3-1-2-9(8-10)6-7-16-14(22)17-11(13(20)21)4-5-12(18)19/h1-3,8,11H,4-7H2,(H,18,19)(H,20,21)(H2,16,17,22)/t11-/m0/s1. The number of amides is 2. The molecule has 0 radical (unpaired) electrons. The van der Waals surface area contributed by atoms with Gasteiger partial charge in [-0.3, -0.25) is 4.79 Å². The van der Waals surface area contributed by atoms with Crippen LogP contribution in [0.5, 0.6) is 0 Å². The van der Waals surface area contributed by atoms with Crippen molar-refractivity contribution in [3.8, 4) is 0 Å². The molecule has 4 N–H and O–H groups in total. The lowest BCUT2D eigenvalue weighted by atomic mass is 10.1. The van der Waals surface area contributed by atoms with Gasteiger partial charge in [0.05, 0.1) is 0 Å². The van der Waals surface area contributed by atoms with Crippen LogP contribution in [0.2, 0.25) is 0 Å². The molecule has 0 saturated heterocycles. The van der Waals surface area contributed by atoms with Crippen LogP contribution in [0.25, 0.3) is 0 Å². The molecule has 0 aliphatic rings. The van der Waals surface area contributed by atoms with E-state index < -0.39 is 24.0 Å². The summed E-state index contributed by atoms with van der Waals surface area (Å²) in [7, 11) is 0. The van der Waals surface area contributed by atoms with Crippen molar-refractivity contribution in [2.75, 3.05) is 6.54 Å². The molecule has 0 fully saturated rings. The molecule has 22 heavy (non-hydrogen) atoms. The van der Waals surface area contributed by atoms with Crippen molar-refractivity contribution in [1.29, 1.82) is 0 Å². The second-order valence-electron chi connectivity index (χ2n) is 4.60. The Kier molecular flexibility index (Phi) is 6.81. The van der Waals surface area contributed by atoms with E-state index in [2.05, 4.69) is 10.6 Å². The highest BCUT2D eigenvalue weighted by atomic mass is 19.1. The van der Waals surface area contributed by atoms with Crippen LogP contribution in [0.3, 0.4) is 0 Å². The fourth-order valence-electron chi connectivity index (χ4n) is 1.75. The highest BCUT2D eigenvalue weighted by molar-refractivity contribution is 5.82. The van der Waals surface area contributed by atoms with Crippen LogP contribution in [0.4, 0.5) is 9.18 Å². The topological polar surface area (TPSA) is 116 Å². The molecule has 1 aromatic carbocycles. The van der Waals surface area contributed by atoms with E-state index in [1.807, 2.05) is 0 Å². The number of aliphatic carboxylic acids is 2. The molecule has 0 aliphatic heterocycles. The van der Waals surface area contributed by atoms with Gasteiger partial charge in [-0.1, -0.05) is 12.1 Å². The summed E-state index contributed by atoms with van der Waals surface area (Å²) in [5, 5.41) is 22.0. The van der Waals surface area contributed by atoms with Gasteiger partial charge in [-0.15, -0.1) is 0 Å². The molecule has 0 aliphatic carbocycles. The van der Waals surface area contributed by atoms with E-state index in [4.69, 9.17) is 10.2 Å². The summed E-state index contributed by atoms with van der Waals surface area (Å²) in [6, 6.07) is 3.92. The average Bonchev–Trinajstić information content (AvgIpc) is 2.43. The van der Waals surface area contributed by atoms with Gasteiger partial charge in [0, 0.05) is 13.0 Å². The predicted molar refractivity (Wildman–Crippen MR) is 74.9 cm³/mol. The molecule has 1 aromatic rings. The van der Waals surface area contributed by atoms with Crippen LogP contribution < -0.4 is 10.6 Å². The van der Waals surface area contributed by atoms with Crippen LogP contribution in [0, 0.1) is 5.82 Å². The first kappa shape index (κ1) is 17.4. The molecule has 0 saturated carbocycles. The van der Waals surface area contributed by atoms with Crippen molar-refractivity contribution in [2.45, 2.75) is 25.3 Å². The fraction of sp³-hybridized carbons (Fsp3) is 0.357. The molecule has 1 atom stereocenters. The second-order valence-corrected chi connectivity index (χ2v) is 4.60. The van der Waals surface area contributed by atoms with Gasteiger partial charge in [0.25, 0.3) is 0 Å². The number of urea groups is 1. The normalized spacial score (nSPS) is 11.5. The van der Waals surface area contributed by atoms with Gasteiger partial charge in [-0.25, -0.2) is 14.0 Å². The summed E-state index contributed by atoms with van der Waals surface area (Å²) in [5.74, 6) is -2.82. The Hall–Kier alpha value is -2.64. The number of hydrogen-bond donors (Lipinski definition) is 4. The fourth-order valence-corrected chi connectivity index (χ4v) is 1.75. The zero-order valence-electron chi connectivity index (χ0n) is 11.7. The molecule has 2 amide bonds. The summed E-state index contributed by atoms with van der Waals surface area (Å²) in [5.41, 5.74) is 0.695. The smallest absolute Gasteiger partial charge is 0.326 e. The maximum absolute atomic E-state index is 13.0. The molecule has 0 unspecified atom stereocenters. The van der Waals surface area contributed by atoms with E-state index >= 15 is 0 Å². The van der Waals surface area contributed by atoms with E-state index in [-0.39, 0.29) is 25.2 Å². The Morgan fingerprint density at radius 1 is 1.23 bits per heavy atom. The number of carboxylic acids is 2. The Morgan fingerprint density at radius 2 is 1.95 bits per heavy atom. The molecule has 0 spiro atoms. The third kappa shape index (κ3) is 6.69. The molecule has 0 heterocycles. The Balaban J connectivity index is 2.37. The lowest BCUT2D eigenvalue weighted by Gasteiger charge is -2.14. The largest absolute Gasteiger partial charge is 0.481 e. The molecule has 8 heteroatoms. The third-order valence-corrected chi connectivity index (χ3v) is 2.84. The number of rotatable bonds is 8. The number of nitrogens with one attached hydrogen (secondary N) is 2. The maximum Gasteiger partial charge on any atom is 0.326 e. The van der Waals surface area contributed by atoms with Gasteiger partial charge in [0.1, 0.15) is 11.9 Å². The molecular formula is C14H17FN2O5. The number of carboxylic acid groups (broad SMARTS) is 2. The second kappa shape index (κ2) is 8.60. The van der Waals surface area contributed by atoms with Crippen molar-refractivity contribution < 1.29 is 29.0 Å². The van der Waals surface area contributed by atoms with Gasteiger partial charge in [-0.05, 0) is 30.5 Å². The molecule has 0 aromatic heterocycles. The Labute approximate surface area is 126 Å². The zero-order valence-corrected chi connectivity index (χ0v) is 11.7. The minimum Gasteiger partial charge on any atom is -0.481 e. The Bertz CT molecular complexity index is 550. The van der Waals surface area contributed by atoms with E-state index in [9.17, 15) is 18.8 Å². The van der Waals surface area contributed by atoms with E-state index in [1.165, 1.54) is 12.1 Å². The van der Waals surface area contributed by atoms with Crippen molar-refractivity contribution in [2.24, 2.45) is 0 Å². The number of hydrogen-bond acceptors (Lipinski definition) is 3. The van der Waals surface area contributed by atoms with Crippen LogP contribution in [-0.2, 0) is 16.0 Å². The maximum atomic E-state index is 13.0. The minimum atomic E-state index is -1.30. The molecule has 1 rings (SSSR count). The first-order chi connectivity index (χ1) is 10.4. The summed E-state index contributed by atoms with van der Waals surface area (Å²) in [4.78, 5) is 32.9. The van der Waals surface area contributed by atoms with Gasteiger partial charge >= 0.3 is 18.0 Å². The highest BCUT2D eigenvalue weighted by Gasteiger charge is 2.20. The highest BCUT2D eigenvalue weighted by Crippen LogP contribution is 2.03. The van der Waals surface area contributed by atoms with Gasteiger partial charge in [0.15, 0.2) is 0 Å². The monoisotopic (exact) mass is 312 g/mol. The molecule has 7 nitrogen and oxygen atoms in total. The minimum absolute atomic E-state index is 0.195. The first-order valence-electron chi connectivity index (χ1n) is 6.62. The summed E-state index contributed by atoms with van der Waals surface area (Å²) in [6.07, 6.45) is -0.180. The zero-order chi connectivity index (χ0) is 16.5. The molecular weight excluding hydrogens is 295 g/mol. The van der Waals surface area contributed by atoms with E-state index in [0.29, 0.717) is 12.0 Å². The van der Waals surface area contributed by atoms with E-state index in [0.717, 1.165) is 0 Å².